The van der Waals surface area contributed by atoms with Crippen LogP contribution in [0, 0.1) is 11.3 Å². The lowest BCUT2D eigenvalue weighted by Crippen LogP contribution is -2.34. The third-order valence-corrected chi connectivity index (χ3v) is 2.59. The van der Waals surface area contributed by atoms with Crippen LogP contribution in [-0.2, 0) is 6.54 Å². The van der Waals surface area contributed by atoms with Crippen molar-refractivity contribution in [3.63, 3.8) is 0 Å². The van der Waals surface area contributed by atoms with Crippen molar-refractivity contribution in [3.05, 3.63) is 54.2 Å². The first kappa shape index (κ1) is 10.4. The van der Waals surface area contributed by atoms with Crippen molar-refractivity contribution in [2.24, 2.45) is 0 Å². The Morgan fingerprint density at radius 2 is 1.88 bits per heavy atom. The maximum absolute atomic E-state index is 8.74. The van der Waals surface area contributed by atoms with Gasteiger partial charge in [-0.25, -0.2) is 0 Å². The molecule has 0 amide bonds. The molecule has 1 aromatic heterocycles. The Labute approximate surface area is 95.4 Å². The van der Waals surface area contributed by atoms with Crippen LogP contribution in [0.4, 0.5) is 0 Å². The van der Waals surface area contributed by atoms with Crippen molar-refractivity contribution >= 4 is 0 Å². The summed E-state index contributed by atoms with van der Waals surface area (Å²) in [7, 11) is 0. The van der Waals surface area contributed by atoms with Crippen molar-refractivity contribution in [2.75, 3.05) is 0 Å². The summed E-state index contributed by atoms with van der Waals surface area (Å²) < 4.78 is 2.18. The van der Waals surface area contributed by atoms with E-state index in [9.17, 15) is 0 Å². The van der Waals surface area contributed by atoms with E-state index in [0.717, 1.165) is 12.1 Å². The van der Waals surface area contributed by atoms with E-state index >= 15 is 0 Å². The molecule has 1 heterocycles. The predicted octanol–water partition coefficient (Wildman–Crippen LogP) is 2.53. The lowest BCUT2D eigenvalue weighted by Gasteiger charge is -2.01. The van der Waals surface area contributed by atoms with Crippen molar-refractivity contribution in [1.29, 1.82) is 5.26 Å². The average molecular weight is 209 g/mol. The highest BCUT2D eigenvalue weighted by atomic mass is 14.9. The number of aryl methyl sites for hydroxylation is 1. The van der Waals surface area contributed by atoms with Crippen LogP contribution in [0.3, 0.4) is 0 Å². The summed E-state index contributed by atoms with van der Waals surface area (Å²) in [6.45, 7) is 3.06. The number of benzene rings is 1. The predicted molar refractivity (Wildman–Crippen MR) is 62.5 cm³/mol. The first-order valence-corrected chi connectivity index (χ1v) is 5.34. The number of hydrogen-bond donors (Lipinski definition) is 0. The molecule has 0 radical (unpaired) electrons. The molecular weight excluding hydrogens is 196 g/mol. The number of rotatable bonds is 2. The Bertz CT molecular complexity index is 521. The van der Waals surface area contributed by atoms with E-state index in [-0.39, 0.29) is 0 Å². The zero-order chi connectivity index (χ0) is 11.4. The number of aromatic nitrogens is 1. The van der Waals surface area contributed by atoms with Crippen LogP contribution >= 0.6 is 0 Å². The average Bonchev–Trinajstić information content (AvgIpc) is 2.39. The molecule has 0 N–H and O–H groups in total. The van der Waals surface area contributed by atoms with E-state index in [1.165, 1.54) is 5.69 Å². The maximum atomic E-state index is 8.74. The molecule has 0 aliphatic rings. The molecule has 16 heavy (non-hydrogen) atoms. The van der Waals surface area contributed by atoms with Crippen LogP contribution in [0.25, 0.3) is 11.3 Å². The second-order valence-corrected chi connectivity index (χ2v) is 3.56. The molecule has 2 nitrogen and oxygen atoms in total. The third kappa shape index (κ3) is 1.94. The Morgan fingerprint density at radius 3 is 2.50 bits per heavy atom. The highest BCUT2D eigenvalue weighted by molar-refractivity contribution is 5.57. The summed E-state index contributed by atoms with van der Waals surface area (Å²) in [6, 6.07) is 15.9. The fraction of sp³-hybridized carbons (Fsp3) is 0.143. The number of hydrogen-bond acceptors (Lipinski definition) is 1. The van der Waals surface area contributed by atoms with E-state index in [4.69, 9.17) is 5.26 Å². The van der Waals surface area contributed by atoms with Crippen LogP contribution in [-0.4, -0.2) is 0 Å². The second kappa shape index (κ2) is 4.59. The molecule has 2 heteroatoms. The Balaban J connectivity index is 2.47. The molecular formula is C14H13N2+. The van der Waals surface area contributed by atoms with Gasteiger partial charge in [0.15, 0.2) is 6.20 Å². The summed E-state index contributed by atoms with van der Waals surface area (Å²) in [5.74, 6) is 0. The number of nitriles is 1. The molecule has 0 unspecified atom stereocenters. The number of pyridine rings is 1. The smallest absolute Gasteiger partial charge is 0.199 e. The summed E-state index contributed by atoms with van der Waals surface area (Å²) in [4.78, 5) is 0. The van der Waals surface area contributed by atoms with Gasteiger partial charge in [0.2, 0.25) is 5.69 Å². The van der Waals surface area contributed by atoms with Gasteiger partial charge in [-0.1, -0.05) is 0 Å². The fourth-order valence-corrected chi connectivity index (χ4v) is 1.73. The van der Waals surface area contributed by atoms with Crippen LogP contribution in [0.1, 0.15) is 12.5 Å². The normalized spacial score (nSPS) is 9.75. The lowest BCUT2D eigenvalue weighted by molar-refractivity contribution is -0.682. The second-order valence-electron chi connectivity index (χ2n) is 3.56. The van der Waals surface area contributed by atoms with Crippen molar-refractivity contribution in [2.45, 2.75) is 13.5 Å². The fourth-order valence-electron chi connectivity index (χ4n) is 1.73. The van der Waals surface area contributed by atoms with Gasteiger partial charge in [0.25, 0.3) is 0 Å². The zero-order valence-electron chi connectivity index (χ0n) is 9.22. The molecule has 0 atom stereocenters. The molecule has 0 fully saturated rings. The van der Waals surface area contributed by atoms with Crippen LogP contribution in [0.2, 0.25) is 0 Å². The van der Waals surface area contributed by atoms with Gasteiger partial charge in [-0.3, -0.25) is 0 Å². The quantitative estimate of drug-likeness (QED) is 0.698. The molecule has 2 rings (SSSR count). The minimum Gasteiger partial charge on any atom is -0.199 e. The van der Waals surface area contributed by atoms with Crippen LogP contribution in [0.15, 0.2) is 48.7 Å². The highest BCUT2D eigenvalue weighted by Gasteiger charge is 2.09. The topological polar surface area (TPSA) is 27.7 Å². The van der Waals surface area contributed by atoms with E-state index in [1.807, 2.05) is 36.4 Å². The zero-order valence-corrected chi connectivity index (χ0v) is 9.22. The monoisotopic (exact) mass is 209 g/mol. The Morgan fingerprint density at radius 1 is 1.12 bits per heavy atom. The largest absolute Gasteiger partial charge is 0.212 e. The maximum Gasteiger partial charge on any atom is 0.212 e. The summed E-state index contributed by atoms with van der Waals surface area (Å²) in [5.41, 5.74) is 3.01. The molecule has 0 aliphatic carbocycles. The van der Waals surface area contributed by atoms with Gasteiger partial charge in [0.05, 0.1) is 11.6 Å². The third-order valence-electron chi connectivity index (χ3n) is 2.59. The van der Waals surface area contributed by atoms with Crippen molar-refractivity contribution < 1.29 is 4.57 Å². The molecule has 0 spiro atoms. The van der Waals surface area contributed by atoms with Gasteiger partial charge < -0.3 is 0 Å². The Kier molecular flexibility index (Phi) is 2.98. The van der Waals surface area contributed by atoms with Crippen molar-refractivity contribution in [3.8, 4) is 17.3 Å². The molecule has 0 aliphatic heterocycles. The van der Waals surface area contributed by atoms with E-state index in [1.54, 1.807) is 0 Å². The molecule has 78 valence electrons. The van der Waals surface area contributed by atoms with Gasteiger partial charge in [0, 0.05) is 17.7 Å². The Hall–Kier alpha value is -2.14. The first-order chi connectivity index (χ1) is 7.85. The molecule has 1 aromatic carbocycles. The molecule has 0 bridgehead atoms. The van der Waals surface area contributed by atoms with Gasteiger partial charge in [-0.05, 0) is 37.3 Å². The lowest BCUT2D eigenvalue weighted by atomic mass is 10.1. The molecule has 0 saturated heterocycles. The SMILES string of the molecule is CC[n+]1ccccc1-c1ccc(C#N)cc1. The van der Waals surface area contributed by atoms with E-state index in [2.05, 4.69) is 29.8 Å². The summed E-state index contributed by atoms with van der Waals surface area (Å²) in [5, 5.41) is 8.74. The van der Waals surface area contributed by atoms with Gasteiger partial charge in [-0.2, -0.15) is 9.83 Å². The summed E-state index contributed by atoms with van der Waals surface area (Å²) >= 11 is 0. The van der Waals surface area contributed by atoms with E-state index in [0.29, 0.717) is 5.56 Å². The summed E-state index contributed by atoms with van der Waals surface area (Å²) in [6.07, 6.45) is 2.06. The van der Waals surface area contributed by atoms with Gasteiger partial charge in [-0.15, -0.1) is 0 Å². The van der Waals surface area contributed by atoms with Crippen LogP contribution in [0.5, 0.6) is 0 Å². The van der Waals surface area contributed by atoms with E-state index < -0.39 is 0 Å². The van der Waals surface area contributed by atoms with Gasteiger partial charge in [0.1, 0.15) is 6.54 Å². The molecule has 2 aromatic rings. The van der Waals surface area contributed by atoms with Gasteiger partial charge >= 0.3 is 0 Å². The minimum absolute atomic E-state index is 0.697. The molecule has 0 saturated carbocycles. The minimum atomic E-state index is 0.697. The standard InChI is InChI=1S/C14H13N2/c1-2-16-10-4-3-5-14(16)13-8-6-12(11-15)7-9-13/h3-10H,2H2,1H3/q+1. The highest BCUT2D eigenvalue weighted by Crippen LogP contribution is 2.15. The van der Waals surface area contributed by atoms with Crippen molar-refractivity contribution in [1.82, 2.24) is 0 Å². The van der Waals surface area contributed by atoms with Crippen LogP contribution < -0.4 is 4.57 Å². The first-order valence-electron chi connectivity index (χ1n) is 5.34. The number of nitrogens with zero attached hydrogens (tertiary/aromatic N) is 2.